The molecule has 0 fully saturated rings. The molecule has 17 heavy (non-hydrogen) atoms. The Morgan fingerprint density at radius 3 is 2.65 bits per heavy atom. The molecule has 0 bridgehead atoms. The number of carboxylic acids is 1. The second-order valence-electron chi connectivity index (χ2n) is 3.55. The first-order valence-corrected chi connectivity index (χ1v) is 5.07. The second kappa shape index (κ2) is 4.69. The van der Waals surface area contributed by atoms with Crippen molar-refractivity contribution in [1.29, 1.82) is 0 Å². The molecule has 1 aromatic heterocycles. The van der Waals surface area contributed by atoms with Crippen LogP contribution in [0.5, 0.6) is 5.75 Å². The molecule has 0 saturated carbocycles. The number of hydrogen-bond donors (Lipinski definition) is 1. The largest absolute Gasteiger partial charge is 0.497 e. The molecule has 0 radical (unpaired) electrons. The Balaban J connectivity index is 2.21. The molecule has 5 nitrogen and oxygen atoms in total. The fraction of sp³-hybridized carbons (Fsp3) is 0.167. The van der Waals surface area contributed by atoms with Crippen LogP contribution in [0.3, 0.4) is 0 Å². The number of aliphatic carboxylic acids is 1. The van der Waals surface area contributed by atoms with Crippen LogP contribution < -0.4 is 4.74 Å². The van der Waals surface area contributed by atoms with E-state index in [0.29, 0.717) is 0 Å². The van der Waals surface area contributed by atoms with E-state index in [1.54, 1.807) is 19.5 Å². The number of nitrogens with zero attached hydrogens (tertiary/aromatic N) is 2. The summed E-state index contributed by atoms with van der Waals surface area (Å²) < 4.78 is 6.46. The Labute approximate surface area is 98.3 Å². The van der Waals surface area contributed by atoms with Crippen LogP contribution in [-0.4, -0.2) is 28.0 Å². The number of carboxylic acid groups (broad SMARTS) is 1. The van der Waals surface area contributed by atoms with Gasteiger partial charge in [-0.2, -0.15) is 5.10 Å². The number of aromatic nitrogens is 2. The lowest BCUT2D eigenvalue weighted by Gasteiger charge is -2.00. The van der Waals surface area contributed by atoms with E-state index in [0.717, 1.165) is 16.9 Å². The average Bonchev–Trinajstić information content (AvgIpc) is 2.77. The second-order valence-corrected chi connectivity index (χ2v) is 3.55. The summed E-state index contributed by atoms with van der Waals surface area (Å²) in [6.07, 6.45) is 3.35. The van der Waals surface area contributed by atoms with Gasteiger partial charge in [-0.15, -0.1) is 0 Å². The van der Waals surface area contributed by atoms with E-state index in [-0.39, 0.29) is 6.54 Å². The number of hydrogen-bond acceptors (Lipinski definition) is 3. The van der Waals surface area contributed by atoms with Crippen LogP contribution in [0.2, 0.25) is 0 Å². The third kappa shape index (κ3) is 2.63. The summed E-state index contributed by atoms with van der Waals surface area (Å²) >= 11 is 0. The Morgan fingerprint density at radius 2 is 2.06 bits per heavy atom. The van der Waals surface area contributed by atoms with Gasteiger partial charge in [-0.25, -0.2) is 0 Å². The van der Waals surface area contributed by atoms with Crippen molar-refractivity contribution in [2.45, 2.75) is 6.54 Å². The van der Waals surface area contributed by atoms with E-state index in [4.69, 9.17) is 9.84 Å². The van der Waals surface area contributed by atoms with Crippen molar-refractivity contribution in [1.82, 2.24) is 9.78 Å². The minimum absolute atomic E-state index is 0.129. The van der Waals surface area contributed by atoms with Crippen molar-refractivity contribution in [2.75, 3.05) is 7.11 Å². The van der Waals surface area contributed by atoms with E-state index >= 15 is 0 Å². The van der Waals surface area contributed by atoms with Gasteiger partial charge in [0.15, 0.2) is 0 Å². The quantitative estimate of drug-likeness (QED) is 0.870. The van der Waals surface area contributed by atoms with E-state index < -0.39 is 5.97 Å². The Hall–Kier alpha value is -2.30. The molecule has 0 aliphatic heterocycles. The molecule has 1 N–H and O–H groups in total. The van der Waals surface area contributed by atoms with Gasteiger partial charge in [0.05, 0.1) is 13.3 Å². The monoisotopic (exact) mass is 232 g/mol. The van der Waals surface area contributed by atoms with Gasteiger partial charge in [0.1, 0.15) is 12.3 Å². The van der Waals surface area contributed by atoms with Gasteiger partial charge >= 0.3 is 5.97 Å². The zero-order valence-corrected chi connectivity index (χ0v) is 9.33. The third-order valence-electron chi connectivity index (χ3n) is 2.35. The van der Waals surface area contributed by atoms with Crippen molar-refractivity contribution >= 4 is 5.97 Å². The predicted octanol–water partition coefficient (Wildman–Crippen LogP) is 1.64. The maximum absolute atomic E-state index is 10.5. The highest BCUT2D eigenvalue weighted by Gasteiger charge is 2.04. The van der Waals surface area contributed by atoms with Crippen molar-refractivity contribution in [2.24, 2.45) is 0 Å². The van der Waals surface area contributed by atoms with Gasteiger partial charge in [-0.05, 0) is 17.7 Å². The summed E-state index contributed by atoms with van der Waals surface area (Å²) in [5, 5.41) is 12.6. The molecule has 88 valence electrons. The fourth-order valence-electron chi connectivity index (χ4n) is 1.52. The Morgan fingerprint density at radius 1 is 1.35 bits per heavy atom. The molecule has 0 unspecified atom stereocenters. The van der Waals surface area contributed by atoms with Gasteiger partial charge in [-0.3, -0.25) is 9.48 Å². The number of ether oxygens (including phenoxy) is 1. The van der Waals surface area contributed by atoms with Crippen LogP contribution in [0.4, 0.5) is 0 Å². The minimum atomic E-state index is -0.908. The third-order valence-corrected chi connectivity index (χ3v) is 2.35. The van der Waals surface area contributed by atoms with Crippen LogP contribution in [0.15, 0.2) is 36.7 Å². The highest BCUT2D eigenvalue weighted by atomic mass is 16.5. The summed E-state index contributed by atoms with van der Waals surface area (Å²) in [5.74, 6) is -0.124. The zero-order chi connectivity index (χ0) is 12.3. The van der Waals surface area contributed by atoms with E-state index in [1.807, 2.05) is 24.3 Å². The van der Waals surface area contributed by atoms with Crippen molar-refractivity contribution in [3.63, 3.8) is 0 Å². The standard InChI is InChI=1S/C12H12N2O3/c1-17-11-4-2-9(3-5-11)10-6-13-14(7-10)8-12(15)16/h2-7H,8H2,1H3,(H,15,16). The van der Waals surface area contributed by atoms with Gasteiger partial charge in [0.2, 0.25) is 0 Å². The molecular weight excluding hydrogens is 220 g/mol. The van der Waals surface area contributed by atoms with Gasteiger partial charge in [-0.1, -0.05) is 12.1 Å². The van der Waals surface area contributed by atoms with Gasteiger partial charge in [0, 0.05) is 11.8 Å². The molecule has 1 heterocycles. The van der Waals surface area contributed by atoms with Crippen LogP contribution in [0.25, 0.3) is 11.1 Å². The molecule has 0 aliphatic rings. The summed E-state index contributed by atoms with van der Waals surface area (Å²) in [7, 11) is 1.61. The van der Waals surface area contributed by atoms with Crippen LogP contribution in [0.1, 0.15) is 0 Å². The van der Waals surface area contributed by atoms with Gasteiger partial charge in [0.25, 0.3) is 0 Å². The lowest BCUT2D eigenvalue weighted by Crippen LogP contribution is -2.08. The Kier molecular flexibility index (Phi) is 3.09. The maximum atomic E-state index is 10.5. The van der Waals surface area contributed by atoms with Crippen molar-refractivity contribution < 1.29 is 14.6 Å². The molecule has 5 heteroatoms. The van der Waals surface area contributed by atoms with Crippen LogP contribution >= 0.6 is 0 Å². The minimum Gasteiger partial charge on any atom is -0.497 e. The number of rotatable bonds is 4. The van der Waals surface area contributed by atoms with Crippen LogP contribution in [0, 0.1) is 0 Å². The summed E-state index contributed by atoms with van der Waals surface area (Å²) in [6.45, 7) is -0.129. The highest BCUT2D eigenvalue weighted by molar-refractivity contribution is 5.67. The normalized spacial score (nSPS) is 10.2. The molecule has 1 aromatic carbocycles. The topological polar surface area (TPSA) is 64.4 Å². The molecule has 2 rings (SSSR count). The summed E-state index contributed by atoms with van der Waals surface area (Å²) in [4.78, 5) is 10.5. The summed E-state index contributed by atoms with van der Waals surface area (Å²) in [6, 6.07) is 7.51. The molecule has 0 spiro atoms. The summed E-state index contributed by atoms with van der Waals surface area (Å²) in [5.41, 5.74) is 1.86. The van der Waals surface area contributed by atoms with Crippen molar-refractivity contribution in [3.8, 4) is 16.9 Å². The highest BCUT2D eigenvalue weighted by Crippen LogP contribution is 2.21. The number of benzene rings is 1. The first-order chi connectivity index (χ1) is 8.19. The number of carbonyl (C=O) groups is 1. The molecule has 0 saturated heterocycles. The van der Waals surface area contributed by atoms with E-state index in [9.17, 15) is 4.79 Å². The van der Waals surface area contributed by atoms with E-state index in [2.05, 4.69) is 5.10 Å². The first kappa shape index (κ1) is 11.2. The lowest BCUT2D eigenvalue weighted by molar-refractivity contribution is -0.137. The zero-order valence-electron chi connectivity index (χ0n) is 9.33. The molecule has 0 aliphatic carbocycles. The first-order valence-electron chi connectivity index (χ1n) is 5.07. The smallest absolute Gasteiger partial charge is 0.325 e. The molecule has 2 aromatic rings. The lowest BCUT2D eigenvalue weighted by atomic mass is 10.1. The van der Waals surface area contributed by atoms with Crippen LogP contribution in [-0.2, 0) is 11.3 Å². The van der Waals surface area contributed by atoms with E-state index in [1.165, 1.54) is 4.68 Å². The SMILES string of the molecule is COc1ccc(-c2cnn(CC(=O)O)c2)cc1. The van der Waals surface area contributed by atoms with Crippen molar-refractivity contribution in [3.05, 3.63) is 36.7 Å². The maximum Gasteiger partial charge on any atom is 0.325 e. The van der Waals surface area contributed by atoms with Gasteiger partial charge < -0.3 is 9.84 Å². The molecule has 0 atom stereocenters. The number of methoxy groups -OCH3 is 1. The Bertz CT molecular complexity index is 517. The molecular formula is C12H12N2O3. The fourth-order valence-corrected chi connectivity index (χ4v) is 1.52. The predicted molar refractivity (Wildman–Crippen MR) is 61.9 cm³/mol. The molecule has 0 amide bonds. The average molecular weight is 232 g/mol.